The van der Waals surface area contributed by atoms with Gasteiger partial charge in [0.15, 0.2) is 0 Å². The highest BCUT2D eigenvalue weighted by Crippen LogP contribution is 2.26. The molecular weight excluding hydrogens is 424 g/mol. The van der Waals surface area contributed by atoms with Crippen LogP contribution in [-0.4, -0.2) is 52.9 Å². The first kappa shape index (κ1) is 21.6. The van der Waals surface area contributed by atoms with E-state index in [1.165, 1.54) is 0 Å². The van der Waals surface area contributed by atoms with E-state index < -0.39 is 0 Å². The molecule has 0 spiro atoms. The molecule has 0 bridgehead atoms. The van der Waals surface area contributed by atoms with E-state index in [2.05, 4.69) is 5.32 Å². The number of rotatable bonds is 3. The predicted octanol–water partition coefficient (Wildman–Crippen LogP) is 5.20. The molecule has 4 aromatic rings. The third-order valence-electron chi connectivity index (χ3n) is 6.17. The van der Waals surface area contributed by atoms with Crippen molar-refractivity contribution in [3.8, 4) is 11.3 Å². The van der Waals surface area contributed by atoms with Gasteiger partial charge in [-0.2, -0.15) is 0 Å². The summed E-state index contributed by atoms with van der Waals surface area (Å²) < 4.78 is 0. The SMILES string of the molecule is Cc1ccc(NC(=O)N2CCN(C(=O)c3cc(-c4ccccc4)nc4ccccc34)CC2)cc1. The zero-order chi connectivity index (χ0) is 23.5. The van der Waals surface area contributed by atoms with E-state index in [1.807, 2.05) is 96.8 Å². The predicted molar refractivity (Wildman–Crippen MR) is 135 cm³/mol. The molecule has 1 saturated heterocycles. The fourth-order valence-electron chi connectivity index (χ4n) is 4.23. The molecule has 0 atom stereocenters. The standard InChI is InChI=1S/C28H26N4O2/c1-20-11-13-22(14-12-20)29-28(34)32-17-15-31(16-18-32)27(33)24-19-26(21-7-3-2-4-8-21)30-25-10-6-5-9-23(24)25/h2-14,19H,15-18H2,1H3,(H,29,34). The number of aromatic nitrogens is 1. The van der Waals surface area contributed by atoms with Gasteiger partial charge in [0.2, 0.25) is 0 Å². The van der Waals surface area contributed by atoms with Gasteiger partial charge in [-0.25, -0.2) is 9.78 Å². The van der Waals surface area contributed by atoms with Crippen molar-refractivity contribution in [3.05, 3.63) is 96.1 Å². The molecular formula is C28H26N4O2. The van der Waals surface area contributed by atoms with Crippen LogP contribution in [0, 0.1) is 6.92 Å². The van der Waals surface area contributed by atoms with Crippen LogP contribution >= 0.6 is 0 Å². The molecule has 1 aliphatic rings. The third-order valence-corrected chi connectivity index (χ3v) is 6.17. The summed E-state index contributed by atoms with van der Waals surface area (Å²) in [4.78, 5) is 34.6. The van der Waals surface area contributed by atoms with E-state index in [0.29, 0.717) is 31.7 Å². The Kier molecular flexibility index (Phi) is 5.95. The maximum atomic E-state index is 13.6. The van der Waals surface area contributed by atoms with Crippen molar-refractivity contribution in [1.29, 1.82) is 0 Å². The quantitative estimate of drug-likeness (QED) is 0.467. The number of amides is 3. The number of hydrogen-bond acceptors (Lipinski definition) is 3. The van der Waals surface area contributed by atoms with Crippen LogP contribution in [0.3, 0.4) is 0 Å². The van der Waals surface area contributed by atoms with Crippen molar-refractivity contribution in [1.82, 2.24) is 14.8 Å². The molecule has 3 amide bonds. The molecule has 1 aromatic heterocycles. The third kappa shape index (κ3) is 4.48. The van der Waals surface area contributed by atoms with Crippen molar-refractivity contribution < 1.29 is 9.59 Å². The number of anilines is 1. The van der Waals surface area contributed by atoms with E-state index >= 15 is 0 Å². The zero-order valence-corrected chi connectivity index (χ0v) is 19.1. The number of carbonyl (C=O) groups is 2. The fraction of sp³-hybridized carbons (Fsp3) is 0.179. The average molecular weight is 451 g/mol. The summed E-state index contributed by atoms with van der Waals surface area (Å²) in [5.41, 5.74) is 5.10. The molecule has 6 nitrogen and oxygen atoms in total. The lowest BCUT2D eigenvalue weighted by molar-refractivity contribution is 0.0673. The van der Waals surface area contributed by atoms with Gasteiger partial charge in [0.25, 0.3) is 5.91 Å². The van der Waals surface area contributed by atoms with Crippen molar-refractivity contribution in [3.63, 3.8) is 0 Å². The molecule has 0 radical (unpaired) electrons. The average Bonchev–Trinajstić information content (AvgIpc) is 2.89. The summed E-state index contributed by atoms with van der Waals surface area (Å²) in [7, 11) is 0. The summed E-state index contributed by atoms with van der Waals surface area (Å²) >= 11 is 0. The van der Waals surface area contributed by atoms with E-state index in [9.17, 15) is 9.59 Å². The largest absolute Gasteiger partial charge is 0.335 e. The van der Waals surface area contributed by atoms with Crippen molar-refractivity contribution in [2.75, 3.05) is 31.5 Å². The fourth-order valence-corrected chi connectivity index (χ4v) is 4.23. The van der Waals surface area contributed by atoms with Crippen LogP contribution in [-0.2, 0) is 0 Å². The number of nitrogens with zero attached hydrogens (tertiary/aromatic N) is 3. The molecule has 170 valence electrons. The Morgan fingerprint density at radius 3 is 2.18 bits per heavy atom. The van der Waals surface area contributed by atoms with E-state index in [0.717, 1.165) is 33.4 Å². The van der Waals surface area contributed by atoms with Crippen LogP contribution in [0.4, 0.5) is 10.5 Å². The number of piperazine rings is 1. The van der Waals surface area contributed by atoms with Gasteiger partial charge in [-0.1, -0.05) is 66.2 Å². The van der Waals surface area contributed by atoms with Gasteiger partial charge in [-0.15, -0.1) is 0 Å². The van der Waals surface area contributed by atoms with Crippen LogP contribution in [0.5, 0.6) is 0 Å². The minimum absolute atomic E-state index is 0.0330. The molecule has 2 heterocycles. The molecule has 0 saturated carbocycles. The van der Waals surface area contributed by atoms with Crippen LogP contribution < -0.4 is 5.32 Å². The number of benzene rings is 3. The number of pyridine rings is 1. The molecule has 5 rings (SSSR count). The van der Waals surface area contributed by atoms with Crippen LogP contribution in [0.25, 0.3) is 22.2 Å². The molecule has 0 unspecified atom stereocenters. The van der Waals surface area contributed by atoms with Crippen LogP contribution in [0.1, 0.15) is 15.9 Å². The van der Waals surface area contributed by atoms with Gasteiger partial charge in [0, 0.05) is 42.8 Å². The summed E-state index contributed by atoms with van der Waals surface area (Å²) in [5.74, 6) is -0.0330. The second-order valence-electron chi connectivity index (χ2n) is 8.51. The number of fused-ring (bicyclic) bond motifs is 1. The highest BCUT2D eigenvalue weighted by atomic mass is 16.2. The second kappa shape index (κ2) is 9.35. The van der Waals surface area contributed by atoms with Crippen molar-refractivity contribution in [2.45, 2.75) is 6.92 Å². The first-order valence-electron chi connectivity index (χ1n) is 11.5. The van der Waals surface area contributed by atoms with E-state index in [-0.39, 0.29) is 11.9 Å². The minimum Gasteiger partial charge on any atom is -0.335 e. The minimum atomic E-state index is -0.142. The molecule has 1 fully saturated rings. The van der Waals surface area contributed by atoms with Crippen molar-refractivity contribution >= 4 is 28.5 Å². The highest BCUT2D eigenvalue weighted by Gasteiger charge is 2.26. The maximum absolute atomic E-state index is 13.6. The highest BCUT2D eigenvalue weighted by molar-refractivity contribution is 6.07. The molecule has 1 N–H and O–H groups in total. The zero-order valence-electron chi connectivity index (χ0n) is 19.1. The lowest BCUT2D eigenvalue weighted by atomic mass is 10.0. The van der Waals surface area contributed by atoms with Gasteiger partial charge < -0.3 is 15.1 Å². The smallest absolute Gasteiger partial charge is 0.321 e. The summed E-state index contributed by atoms with van der Waals surface area (Å²) in [5, 5.41) is 3.78. The summed E-state index contributed by atoms with van der Waals surface area (Å²) in [6.07, 6.45) is 0. The van der Waals surface area contributed by atoms with Crippen LogP contribution in [0.2, 0.25) is 0 Å². The van der Waals surface area contributed by atoms with E-state index in [1.54, 1.807) is 4.90 Å². The first-order valence-corrected chi connectivity index (χ1v) is 11.5. The normalized spacial score (nSPS) is 13.7. The Hall–Kier alpha value is -4.19. The lowest BCUT2D eigenvalue weighted by Gasteiger charge is -2.35. The Labute approximate surface area is 198 Å². The molecule has 34 heavy (non-hydrogen) atoms. The maximum Gasteiger partial charge on any atom is 0.321 e. The number of para-hydroxylation sites is 1. The molecule has 6 heteroatoms. The Balaban J connectivity index is 1.33. The van der Waals surface area contributed by atoms with Gasteiger partial charge >= 0.3 is 6.03 Å². The van der Waals surface area contributed by atoms with Gasteiger partial charge in [0.1, 0.15) is 0 Å². The number of urea groups is 1. The molecule has 1 aliphatic heterocycles. The Morgan fingerprint density at radius 1 is 0.794 bits per heavy atom. The van der Waals surface area contributed by atoms with Gasteiger partial charge in [-0.3, -0.25) is 4.79 Å². The lowest BCUT2D eigenvalue weighted by Crippen LogP contribution is -2.51. The molecule has 3 aromatic carbocycles. The Bertz CT molecular complexity index is 1330. The number of hydrogen-bond donors (Lipinski definition) is 1. The van der Waals surface area contributed by atoms with Crippen LogP contribution in [0.15, 0.2) is 84.9 Å². The van der Waals surface area contributed by atoms with Gasteiger partial charge in [0.05, 0.1) is 16.8 Å². The monoisotopic (exact) mass is 450 g/mol. The summed E-state index contributed by atoms with van der Waals surface area (Å²) in [6, 6.07) is 27.1. The van der Waals surface area contributed by atoms with Crippen molar-refractivity contribution in [2.24, 2.45) is 0 Å². The first-order chi connectivity index (χ1) is 16.6. The number of nitrogens with one attached hydrogen (secondary N) is 1. The number of aryl methyl sites for hydroxylation is 1. The Morgan fingerprint density at radius 2 is 1.44 bits per heavy atom. The number of carbonyl (C=O) groups excluding carboxylic acids is 2. The molecule has 0 aliphatic carbocycles. The topological polar surface area (TPSA) is 65.5 Å². The second-order valence-corrected chi connectivity index (χ2v) is 8.51. The van der Waals surface area contributed by atoms with Gasteiger partial charge in [-0.05, 0) is 31.2 Å². The van der Waals surface area contributed by atoms with E-state index in [4.69, 9.17) is 4.98 Å². The summed E-state index contributed by atoms with van der Waals surface area (Å²) in [6.45, 7) is 3.95.